The maximum Gasteiger partial charge on any atom is 0.233 e. The molecule has 1 aliphatic heterocycles. The van der Waals surface area contributed by atoms with E-state index in [1.54, 1.807) is 12.1 Å². The molecular weight excluding hydrogens is 320 g/mol. The Balaban J connectivity index is 1.57. The molecule has 25 heavy (non-hydrogen) atoms. The summed E-state index contributed by atoms with van der Waals surface area (Å²) < 4.78 is 5.48. The fraction of sp³-hybridized carbons (Fsp3) is 0.526. The van der Waals surface area contributed by atoms with Crippen molar-refractivity contribution in [3.8, 4) is 5.75 Å². The van der Waals surface area contributed by atoms with E-state index < -0.39 is 0 Å². The van der Waals surface area contributed by atoms with Gasteiger partial charge in [0, 0.05) is 13.0 Å². The maximum atomic E-state index is 12.4. The maximum absolute atomic E-state index is 12.4. The van der Waals surface area contributed by atoms with Crippen LogP contribution in [0.25, 0.3) is 0 Å². The Bertz CT molecular complexity index is 649. The zero-order valence-corrected chi connectivity index (χ0v) is 14.5. The zero-order valence-electron chi connectivity index (χ0n) is 14.5. The van der Waals surface area contributed by atoms with E-state index in [1.807, 2.05) is 19.1 Å². The topological polar surface area (TPSA) is 75.7 Å². The van der Waals surface area contributed by atoms with E-state index in [0.29, 0.717) is 18.0 Å². The van der Waals surface area contributed by atoms with Crippen LogP contribution in [0.2, 0.25) is 0 Å². The van der Waals surface area contributed by atoms with Crippen LogP contribution in [-0.4, -0.2) is 35.8 Å². The van der Waals surface area contributed by atoms with Gasteiger partial charge in [0.15, 0.2) is 0 Å². The summed E-state index contributed by atoms with van der Waals surface area (Å²) in [5, 5.41) is 2.80. The highest BCUT2D eigenvalue weighted by Crippen LogP contribution is 2.38. The molecule has 1 heterocycles. The Labute approximate surface area is 147 Å². The van der Waals surface area contributed by atoms with Crippen LogP contribution in [0.3, 0.4) is 0 Å². The van der Waals surface area contributed by atoms with Crippen LogP contribution >= 0.6 is 0 Å². The van der Waals surface area contributed by atoms with Gasteiger partial charge in [0.05, 0.1) is 24.1 Å². The van der Waals surface area contributed by atoms with Gasteiger partial charge in [0.2, 0.25) is 17.7 Å². The van der Waals surface area contributed by atoms with Crippen LogP contribution in [0.1, 0.15) is 39.0 Å². The van der Waals surface area contributed by atoms with E-state index in [2.05, 4.69) is 5.32 Å². The number of rotatable bonds is 6. The highest BCUT2D eigenvalue weighted by molar-refractivity contribution is 6.05. The molecule has 1 saturated heterocycles. The van der Waals surface area contributed by atoms with Crippen LogP contribution in [-0.2, 0) is 14.4 Å². The molecule has 0 spiro atoms. The number of nitrogens with one attached hydrogen (secondary N) is 1. The first-order chi connectivity index (χ1) is 12.1. The molecule has 134 valence electrons. The van der Waals surface area contributed by atoms with Gasteiger partial charge in [-0.1, -0.05) is 25.0 Å². The van der Waals surface area contributed by atoms with Crippen molar-refractivity contribution < 1.29 is 19.1 Å². The second-order valence-corrected chi connectivity index (χ2v) is 6.55. The molecule has 2 atom stereocenters. The minimum Gasteiger partial charge on any atom is -0.492 e. The molecule has 3 amide bonds. The van der Waals surface area contributed by atoms with Gasteiger partial charge in [-0.3, -0.25) is 19.3 Å². The number of fused-ring (bicyclic) bond motifs is 1. The van der Waals surface area contributed by atoms with Gasteiger partial charge in [0.1, 0.15) is 5.75 Å². The van der Waals surface area contributed by atoms with Crippen molar-refractivity contribution in [1.29, 1.82) is 0 Å². The summed E-state index contributed by atoms with van der Waals surface area (Å²) in [5.74, 6) is -0.152. The van der Waals surface area contributed by atoms with Gasteiger partial charge in [-0.15, -0.1) is 0 Å². The van der Waals surface area contributed by atoms with Gasteiger partial charge >= 0.3 is 0 Å². The summed E-state index contributed by atoms with van der Waals surface area (Å²) in [5.41, 5.74) is 0.599. The first kappa shape index (κ1) is 17.5. The zero-order chi connectivity index (χ0) is 17.8. The molecule has 3 rings (SSSR count). The van der Waals surface area contributed by atoms with E-state index in [4.69, 9.17) is 4.74 Å². The van der Waals surface area contributed by atoms with Gasteiger partial charge in [0.25, 0.3) is 0 Å². The summed E-state index contributed by atoms with van der Waals surface area (Å²) in [6.45, 7) is 2.53. The van der Waals surface area contributed by atoms with E-state index in [0.717, 1.165) is 25.7 Å². The largest absolute Gasteiger partial charge is 0.492 e. The van der Waals surface area contributed by atoms with E-state index in [-0.39, 0.29) is 42.5 Å². The van der Waals surface area contributed by atoms with Crippen LogP contribution < -0.4 is 10.1 Å². The Morgan fingerprint density at radius 1 is 1.16 bits per heavy atom. The second-order valence-electron chi connectivity index (χ2n) is 6.55. The molecule has 2 fully saturated rings. The van der Waals surface area contributed by atoms with E-state index >= 15 is 0 Å². The Hall–Kier alpha value is -2.37. The van der Waals surface area contributed by atoms with Crippen LogP contribution in [0, 0.1) is 11.8 Å². The number of likely N-dealkylation sites (tertiary alicyclic amines) is 1. The first-order valence-corrected chi connectivity index (χ1v) is 8.98. The van der Waals surface area contributed by atoms with Crippen molar-refractivity contribution in [3.63, 3.8) is 0 Å². The molecule has 1 saturated carbocycles. The minimum atomic E-state index is -0.234. The predicted octanol–water partition coefficient (Wildman–Crippen LogP) is 2.59. The summed E-state index contributed by atoms with van der Waals surface area (Å²) in [6.07, 6.45) is 3.68. The van der Waals surface area contributed by atoms with Crippen LogP contribution in [0.5, 0.6) is 5.75 Å². The quantitative estimate of drug-likeness (QED) is 0.805. The molecule has 0 radical (unpaired) electrons. The molecule has 6 nitrogen and oxygen atoms in total. The van der Waals surface area contributed by atoms with Crippen molar-refractivity contribution >= 4 is 23.4 Å². The van der Waals surface area contributed by atoms with E-state index in [1.165, 1.54) is 4.90 Å². The number of nitrogens with zero attached hydrogens (tertiary/aromatic N) is 1. The number of para-hydroxylation sites is 2. The van der Waals surface area contributed by atoms with Gasteiger partial charge in [-0.25, -0.2) is 0 Å². The third kappa shape index (κ3) is 3.67. The molecule has 1 N–H and O–H groups in total. The molecule has 2 aliphatic rings. The van der Waals surface area contributed by atoms with Gasteiger partial charge in [-0.2, -0.15) is 0 Å². The molecule has 0 aromatic heterocycles. The monoisotopic (exact) mass is 344 g/mol. The fourth-order valence-corrected chi connectivity index (χ4v) is 3.73. The molecule has 6 heteroatoms. The normalized spacial score (nSPS) is 22.7. The van der Waals surface area contributed by atoms with Gasteiger partial charge < -0.3 is 10.1 Å². The summed E-state index contributed by atoms with van der Waals surface area (Å²) in [7, 11) is 0. The number of ether oxygens (including phenoxy) is 1. The lowest BCUT2D eigenvalue weighted by atomic mass is 9.81. The number of hydrogen-bond acceptors (Lipinski definition) is 4. The molecule has 0 bridgehead atoms. The number of carbonyl (C=O) groups is 3. The first-order valence-electron chi connectivity index (χ1n) is 8.98. The average Bonchev–Trinajstić information content (AvgIpc) is 2.86. The Morgan fingerprint density at radius 2 is 1.80 bits per heavy atom. The lowest BCUT2D eigenvalue weighted by Gasteiger charge is -2.19. The fourth-order valence-electron chi connectivity index (χ4n) is 3.73. The summed E-state index contributed by atoms with van der Waals surface area (Å²) in [6, 6.07) is 7.21. The smallest absolute Gasteiger partial charge is 0.233 e. The third-order valence-electron chi connectivity index (χ3n) is 4.96. The van der Waals surface area contributed by atoms with Crippen molar-refractivity contribution in [2.45, 2.75) is 39.0 Å². The molecule has 2 unspecified atom stereocenters. The van der Waals surface area contributed by atoms with Crippen LogP contribution in [0.4, 0.5) is 5.69 Å². The summed E-state index contributed by atoms with van der Waals surface area (Å²) in [4.78, 5) is 38.4. The minimum absolute atomic E-state index is 0.0946. The Kier molecular flexibility index (Phi) is 5.36. The number of amides is 3. The lowest BCUT2D eigenvalue weighted by Crippen LogP contribution is -2.34. The lowest BCUT2D eigenvalue weighted by molar-refractivity contribution is -0.140. The average molecular weight is 344 g/mol. The van der Waals surface area contributed by atoms with Crippen LogP contribution in [0.15, 0.2) is 24.3 Å². The van der Waals surface area contributed by atoms with Crippen molar-refractivity contribution in [1.82, 2.24) is 4.90 Å². The molecule has 1 aliphatic carbocycles. The number of carbonyl (C=O) groups excluding carboxylic acids is 3. The second kappa shape index (κ2) is 7.68. The van der Waals surface area contributed by atoms with Crippen molar-refractivity contribution in [2.24, 2.45) is 11.8 Å². The highest BCUT2D eigenvalue weighted by Gasteiger charge is 2.47. The Morgan fingerprint density at radius 3 is 2.44 bits per heavy atom. The molecule has 1 aromatic carbocycles. The number of imide groups is 1. The molecule has 1 aromatic rings. The third-order valence-corrected chi connectivity index (χ3v) is 4.96. The van der Waals surface area contributed by atoms with Crippen molar-refractivity contribution in [2.75, 3.05) is 18.5 Å². The van der Waals surface area contributed by atoms with Gasteiger partial charge in [-0.05, 0) is 31.9 Å². The standard InChI is InChI=1S/C19H24N2O4/c1-2-25-16-10-6-5-9-15(16)20-17(22)11-12-21-18(23)13-7-3-4-8-14(13)19(21)24/h5-6,9-10,13-14H,2-4,7-8,11-12H2,1H3,(H,20,22). The number of hydrogen-bond donors (Lipinski definition) is 1. The summed E-state index contributed by atoms with van der Waals surface area (Å²) >= 11 is 0. The molecular formula is C19H24N2O4. The SMILES string of the molecule is CCOc1ccccc1NC(=O)CCN1C(=O)C2CCCCC2C1=O. The number of benzene rings is 1. The highest BCUT2D eigenvalue weighted by atomic mass is 16.5. The predicted molar refractivity (Wildman–Crippen MR) is 93.0 cm³/mol. The van der Waals surface area contributed by atoms with E-state index in [9.17, 15) is 14.4 Å². The number of anilines is 1. The van der Waals surface area contributed by atoms with Crippen molar-refractivity contribution in [3.05, 3.63) is 24.3 Å².